The summed E-state index contributed by atoms with van der Waals surface area (Å²) in [5, 5.41) is 5.71. The van der Waals surface area contributed by atoms with Crippen LogP contribution >= 0.6 is 0 Å². The number of carbonyl (C=O) groups is 2. The first-order valence-corrected chi connectivity index (χ1v) is 8.73. The second-order valence-electron chi connectivity index (χ2n) is 6.88. The summed E-state index contributed by atoms with van der Waals surface area (Å²) in [4.78, 5) is 26.2. The SMILES string of the molecule is CCNC(=O)[C@@H]1CCCN(C(=O)Nc2ccc3c(c2)OC(C)(C)O3)C1. The molecular formula is C18H25N3O4. The van der Waals surface area contributed by atoms with Gasteiger partial charge < -0.3 is 25.0 Å². The highest BCUT2D eigenvalue weighted by molar-refractivity contribution is 5.90. The third-order valence-corrected chi connectivity index (χ3v) is 4.34. The van der Waals surface area contributed by atoms with E-state index in [0.29, 0.717) is 36.8 Å². The number of piperidine rings is 1. The Hall–Kier alpha value is -2.44. The maximum atomic E-state index is 12.5. The lowest BCUT2D eigenvalue weighted by atomic mass is 9.97. The first-order valence-electron chi connectivity index (χ1n) is 8.73. The first-order chi connectivity index (χ1) is 11.9. The largest absolute Gasteiger partial charge is 0.449 e. The van der Waals surface area contributed by atoms with Crippen LogP contribution in [-0.4, -0.2) is 42.3 Å². The van der Waals surface area contributed by atoms with Gasteiger partial charge in [-0.25, -0.2) is 4.79 Å². The molecule has 0 saturated carbocycles. The van der Waals surface area contributed by atoms with Gasteiger partial charge in [-0.15, -0.1) is 0 Å². The van der Waals surface area contributed by atoms with Crippen LogP contribution < -0.4 is 20.1 Å². The summed E-state index contributed by atoms with van der Waals surface area (Å²) in [5.74, 6) is 0.457. The lowest BCUT2D eigenvalue weighted by molar-refractivity contribution is -0.126. The number of benzene rings is 1. The fourth-order valence-corrected chi connectivity index (χ4v) is 3.20. The quantitative estimate of drug-likeness (QED) is 0.881. The maximum absolute atomic E-state index is 12.5. The molecule has 0 aliphatic carbocycles. The zero-order valence-corrected chi connectivity index (χ0v) is 14.9. The van der Waals surface area contributed by atoms with Crippen molar-refractivity contribution in [3.8, 4) is 11.5 Å². The average Bonchev–Trinajstić information content (AvgIpc) is 2.88. The molecule has 0 bridgehead atoms. The third kappa shape index (κ3) is 3.97. The van der Waals surface area contributed by atoms with E-state index in [4.69, 9.17) is 9.47 Å². The monoisotopic (exact) mass is 347 g/mol. The molecule has 7 heteroatoms. The Morgan fingerprint density at radius 3 is 2.80 bits per heavy atom. The van der Waals surface area contributed by atoms with Crippen LogP contribution in [0.3, 0.4) is 0 Å². The number of ether oxygens (including phenoxy) is 2. The zero-order chi connectivity index (χ0) is 18.0. The lowest BCUT2D eigenvalue weighted by Crippen LogP contribution is -2.46. The van der Waals surface area contributed by atoms with Crippen LogP contribution in [-0.2, 0) is 4.79 Å². The highest BCUT2D eigenvalue weighted by Crippen LogP contribution is 2.40. The Bertz CT molecular complexity index is 674. The van der Waals surface area contributed by atoms with Crippen molar-refractivity contribution in [2.45, 2.75) is 39.4 Å². The van der Waals surface area contributed by atoms with Crippen LogP contribution in [0.15, 0.2) is 18.2 Å². The van der Waals surface area contributed by atoms with Gasteiger partial charge in [0.25, 0.3) is 0 Å². The normalized spacial score (nSPS) is 20.9. The van der Waals surface area contributed by atoms with Crippen molar-refractivity contribution in [1.29, 1.82) is 0 Å². The van der Waals surface area contributed by atoms with Gasteiger partial charge in [0.05, 0.1) is 5.92 Å². The number of carbonyl (C=O) groups excluding carboxylic acids is 2. The molecule has 25 heavy (non-hydrogen) atoms. The second kappa shape index (κ2) is 6.82. The standard InChI is InChI=1S/C18H25N3O4/c1-4-19-16(22)12-6-5-9-21(11-12)17(23)20-13-7-8-14-15(10-13)25-18(2,3)24-14/h7-8,10,12H,4-6,9,11H2,1-3H3,(H,19,22)(H,20,23)/t12-/m1/s1. The number of hydrogen-bond acceptors (Lipinski definition) is 4. The van der Waals surface area contributed by atoms with Crippen molar-refractivity contribution in [3.63, 3.8) is 0 Å². The van der Waals surface area contributed by atoms with E-state index in [0.717, 1.165) is 12.8 Å². The Morgan fingerprint density at radius 1 is 1.28 bits per heavy atom. The number of anilines is 1. The number of nitrogens with one attached hydrogen (secondary N) is 2. The number of nitrogens with zero attached hydrogens (tertiary/aromatic N) is 1. The number of likely N-dealkylation sites (tertiary alicyclic amines) is 1. The van der Waals surface area contributed by atoms with Crippen LogP contribution in [0.25, 0.3) is 0 Å². The summed E-state index contributed by atoms with van der Waals surface area (Å²) >= 11 is 0. The van der Waals surface area contributed by atoms with Gasteiger partial charge in [0.15, 0.2) is 11.5 Å². The predicted octanol–water partition coefficient (Wildman–Crippen LogP) is 2.57. The minimum atomic E-state index is -0.697. The summed E-state index contributed by atoms with van der Waals surface area (Å²) in [6.45, 7) is 7.26. The highest BCUT2D eigenvalue weighted by atomic mass is 16.7. The molecule has 2 heterocycles. The van der Waals surface area contributed by atoms with Gasteiger partial charge in [-0.3, -0.25) is 4.79 Å². The summed E-state index contributed by atoms with van der Waals surface area (Å²) in [7, 11) is 0. The average molecular weight is 347 g/mol. The number of hydrogen-bond donors (Lipinski definition) is 2. The molecule has 0 radical (unpaired) electrons. The number of urea groups is 1. The molecule has 1 atom stereocenters. The van der Waals surface area contributed by atoms with Gasteiger partial charge in [0, 0.05) is 45.2 Å². The molecule has 3 rings (SSSR count). The molecule has 0 aromatic heterocycles. The fourth-order valence-electron chi connectivity index (χ4n) is 3.20. The molecule has 7 nitrogen and oxygen atoms in total. The van der Waals surface area contributed by atoms with E-state index in [2.05, 4.69) is 10.6 Å². The van der Waals surface area contributed by atoms with Crippen LogP contribution in [0.4, 0.5) is 10.5 Å². The Morgan fingerprint density at radius 2 is 2.04 bits per heavy atom. The minimum absolute atomic E-state index is 0.0188. The first kappa shape index (κ1) is 17.4. The van der Waals surface area contributed by atoms with Gasteiger partial charge in [-0.1, -0.05) is 0 Å². The number of rotatable bonds is 3. The van der Waals surface area contributed by atoms with Crippen molar-refractivity contribution >= 4 is 17.6 Å². The maximum Gasteiger partial charge on any atom is 0.321 e. The molecule has 1 aromatic carbocycles. The molecule has 0 spiro atoms. The molecule has 1 saturated heterocycles. The van der Waals surface area contributed by atoms with E-state index in [-0.39, 0.29) is 17.9 Å². The summed E-state index contributed by atoms with van der Waals surface area (Å²) in [5.41, 5.74) is 0.644. The van der Waals surface area contributed by atoms with Crippen molar-refractivity contribution in [1.82, 2.24) is 10.2 Å². The molecule has 136 valence electrons. The molecule has 1 aromatic rings. The number of amides is 3. The minimum Gasteiger partial charge on any atom is -0.449 e. The Kier molecular flexibility index (Phi) is 4.74. The van der Waals surface area contributed by atoms with E-state index in [1.54, 1.807) is 23.1 Å². The van der Waals surface area contributed by atoms with E-state index < -0.39 is 5.79 Å². The van der Waals surface area contributed by atoms with Crippen LogP contribution in [0.2, 0.25) is 0 Å². The van der Waals surface area contributed by atoms with Crippen molar-refractivity contribution in [3.05, 3.63) is 18.2 Å². The van der Waals surface area contributed by atoms with Crippen LogP contribution in [0.1, 0.15) is 33.6 Å². The second-order valence-corrected chi connectivity index (χ2v) is 6.88. The van der Waals surface area contributed by atoms with Crippen LogP contribution in [0.5, 0.6) is 11.5 Å². The van der Waals surface area contributed by atoms with Gasteiger partial charge >= 0.3 is 6.03 Å². The zero-order valence-electron chi connectivity index (χ0n) is 14.9. The summed E-state index contributed by atoms with van der Waals surface area (Å²) in [6.07, 6.45) is 1.64. The van der Waals surface area contributed by atoms with Gasteiger partial charge in [0.2, 0.25) is 11.7 Å². The van der Waals surface area contributed by atoms with Crippen molar-refractivity contribution in [2.24, 2.45) is 5.92 Å². The van der Waals surface area contributed by atoms with Crippen molar-refractivity contribution < 1.29 is 19.1 Å². The molecule has 2 N–H and O–H groups in total. The fraction of sp³-hybridized carbons (Fsp3) is 0.556. The molecular weight excluding hydrogens is 322 g/mol. The summed E-state index contributed by atoms with van der Waals surface area (Å²) in [6, 6.07) is 5.12. The Labute approximate surface area is 147 Å². The van der Waals surface area contributed by atoms with E-state index >= 15 is 0 Å². The predicted molar refractivity (Wildman–Crippen MR) is 93.8 cm³/mol. The van der Waals surface area contributed by atoms with Gasteiger partial charge in [0.1, 0.15) is 0 Å². The van der Waals surface area contributed by atoms with E-state index in [9.17, 15) is 9.59 Å². The van der Waals surface area contributed by atoms with Gasteiger partial charge in [-0.05, 0) is 31.9 Å². The smallest absolute Gasteiger partial charge is 0.321 e. The molecule has 2 aliphatic heterocycles. The Balaban J connectivity index is 1.62. The highest BCUT2D eigenvalue weighted by Gasteiger charge is 2.32. The lowest BCUT2D eigenvalue weighted by Gasteiger charge is -2.32. The molecule has 0 unspecified atom stereocenters. The van der Waals surface area contributed by atoms with Gasteiger partial charge in [-0.2, -0.15) is 0 Å². The third-order valence-electron chi connectivity index (χ3n) is 4.34. The summed E-state index contributed by atoms with van der Waals surface area (Å²) < 4.78 is 11.3. The topological polar surface area (TPSA) is 79.9 Å². The molecule has 3 amide bonds. The van der Waals surface area contributed by atoms with Crippen LogP contribution in [0, 0.1) is 5.92 Å². The number of fused-ring (bicyclic) bond motifs is 1. The van der Waals surface area contributed by atoms with E-state index in [1.165, 1.54) is 0 Å². The molecule has 2 aliphatic rings. The van der Waals surface area contributed by atoms with Crippen molar-refractivity contribution in [2.75, 3.05) is 25.0 Å². The van der Waals surface area contributed by atoms with E-state index in [1.807, 2.05) is 20.8 Å². The molecule has 1 fully saturated rings.